The van der Waals surface area contributed by atoms with E-state index in [4.69, 9.17) is 9.47 Å². The molecule has 0 aliphatic carbocycles. The summed E-state index contributed by atoms with van der Waals surface area (Å²) in [6.07, 6.45) is -0.716. The fourth-order valence-corrected chi connectivity index (χ4v) is 3.71. The predicted molar refractivity (Wildman–Crippen MR) is 109 cm³/mol. The summed E-state index contributed by atoms with van der Waals surface area (Å²) in [5, 5.41) is 2.95. The fraction of sp³-hybridized carbons (Fsp3) is 0.391. The Hall–Kier alpha value is -2.70. The van der Waals surface area contributed by atoms with Crippen molar-refractivity contribution in [2.75, 3.05) is 6.54 Å². The molecule has 2 amide bonds. The highest BCUT2D eigenvalue weighted by atomic mass is 16.5. The van der Waals surface area contributed by atoms with Crippen molar-refractivity contribution in [3.8, 4) is 0 Å². The average molecular weight is 396 g/mol. The van der Waals surface area contributed by atoms with Gasteiger partial charge in [0.15, 0.2) is 0 Å². The first-order chi connectivity index (χ1) is 14.0. The van der Waals surface area contributed by atoms with Gasteiger partial charge in [0.2, 0.25) is 11.8 Å². The molecule has 0 bridgehead atoms. The van der Waals surface area contributed by atoms with Crippen LogP contribution in [0.1, 0.15) is 31.9 Å². The number of nitrogens with zero attached hydrogens (tertiary/aromatic N) is 2. The van der Waals surface area contributed by atoms with Gasteiger partial charge >= 0.3 is 0 Å². The summed E-state index contributed by atoms with van der Waals surface area (Å²) in [5.41, 5.74) is 2.09. The Morgan fingerprint density at radius 3 is 1.86 bits per heavy atom. The molecule has 154 valence electrons. The molecule has 1 aliphatic rings. The number of carbonyl (C=O) groups is 2. The number of amides is 2. The smallest absolute Gasteiger partial charge is 0.238 e. The SMILES string of the molecule is CC(=O)N1C[C@@H](OCc2ccccc2)[C@H](OCc2ccccc2)[C@@H](C)N1C(C)=O. The van der Waals surface area contributed by atoms with Crippen molar-refractivity contribution in [2.24, 2.45) is 0 Å². The first-order valence-corrected chi connectivity index (χ1v) is 9.86. The van der Waals surface area contributed by atoms with Crippen molar-refractivity contribution >= 4 is 11.8 Å². The molecule has 0 unspecified atom stereocenters. The molecule has 0 spiro atoms. The Morgan fingerprint density at radius 2 is 1.38 bits per heavy atom. The van der Waals surface area contributed by atoms with Gasteiger partial charge in [0, 0.05) is 13.8 Å². The van der Waals surface area contributed by atoms with E-state index >= 15 is 0 Å². The van der Waals surface area contributed by atoms with Crippen molar-refractivity contribution < 1.29 is 19.1 Å². The largest absolute Gasteiger partial charge is 0.369 e. The molecule has 3 rings (SSSR count). The van der Waals surface area contributed by atoms with Crippen LogP contribution in [0.15, 0.2) is 60.7 Å². The van der Waals surface area contributed by atoms with Gasteiger partial charge in [-0.15, -0.1) is 0 Å². The van der Waals surface area contributed by atoms with E-state index in [1.54, 1.807) is 0 Å². The molecule has 6 nitrogen and oxygen atoms in total. The zero-order chi connectivity index (χ0) is 20.8. The summed E-state index contributed by atoms with van der Waals surface area (Å²) in [7, 11) is 0. The van der Waals surface area contributed by atoms with Gasteiger partial charge in [-0.05, 0) is 18.1 Å². The molecular weight excluding hydrogens is 368 g/mol. The zero-order valence-corrected chi connectivity index (χ0v) is 17.2. The van der Waals surface area contributed by atoms with Crippen LogP contribution in [0.5, 0.6) is 0 Å². The van der Waals surface area contributed by atoms with Crippen LogP contribution < -0.4 is 0 Å². The highest BCUT2D eigenvalue weighted by Crippen LogP contribution is 2.26. The fourth-order valence-electron chi connectivity index (χ4n) is 3.71. The zero-order valence-electron chi connectivity index (χ0n) is 17.2. The Balaban J connectivity index is 1.79. The van der Waals surface area contributed by atoms with E-state index in [1.807, 2.05) is 67.6 Å². The number of carbonyl (C=O) groups excluding carboxylic acids is 2. The van der Waals surface area contributed by atoms with Gasteiger partial charge in [-0.1, -0.05) is 60.7 Å². The summed E-state index contributed by atoms with van der Waals surface area (Å²) >= 11 is 0. The monoisotopic (exact) mass is 396 g/mol. The van der Waals surface area contributed by atoms with Crippen LogP contribution in [0.2, 0.25) is 0 Å². The second-order valence-electron chi connectivity index (χ2n) is 7.30. The normalized spacial score (nSPS) is 21.8. The van der Waals surface area contributed by atoms with E-state index in [1.165, 1.54) is 23.9 Å². The predicted octanol–water partition coefficient (Wildman–Crippen LogP) is 3.17. The molecule has 2 aromatic carbocycles. The van der Waals surface area contributed by atoms with Crippen molar-refractivity contribution in [3.63, 3.8) is 0 Å². The van der Waals surface area contributed by atoms with Crippen LogP contribution in [0, 0.1) is 0 Å². The Kier molecular flexibility index (Phi) is 7.01. The van der Waals surface area contributed by atoms with Crippen LogP contribution in [-0.2, 0) is 32.3 Å². The quantitative estimate of drug-likeness (QED) is 0.753. The maximum absolute atomic E-state index is 12.3. The maximum atomic E-state index is 12.3. The lowest BCUT2D eigenvalue weighted by molar-refractivity contribution is -0.214. The van der Waals surface area contributed by atoms with Crippen LogP contribution in [-0.4, -0.2) is 46.6 Å². The number of hydrogen-bond donors (Lipinski definition) is 0. The summed E-state index contributed by atoms with van der Waals surface area (Å²) in [6, 6.07) is 19.4. The first-order valence-electron chi connectivity index (χ1n) is 9.86. The van der Waals surface area contributed by atoms with Crippen LogP contribution in [0.25, 0.3) is 0 Å². The molecule has 29 heavy (non-hydrogen) atoms. The lowest BCUT2D eigenvalue weighted by Crippen LogP contribution is -2.66. The Bertz CT molecular complexity index is 812. The third-order valence-electron chi connectivity index (χ3n) is 5.12. The number of benzene rings is 2. The van der Waals surface area contributed by atoms with Crippen molar-refractivity contribution in [2.45, 2.75) is 52.2 Å². The van der Waals surface area contributed by atoms with Gasteiger partial charge in [0.1, 0.15) is 12.2 Å². The summed E-state index contributed by atoms with van der Waals surface area (Å²) in [4.78, 5) is 24.5. The van der Waals surface area contributed by atoms with Crippen LogP contribution in [0.3, 0.4) is 0 Å². The molecule has 0 saturated carbocycles. The standard InChI is InChI=1S/C23H28N2O4/c1-17-23(29-16-21-12-8-5-9-13-21)22(28-15-20-10-6-4-7-11-20)14-24(18(2)26)25(17)19(3)27/h4-13,17,22-23H,14-16H2,1-3H3/t17-,22-,23-/m1/s1. The molecule has 1 heterocycles. The number of ether oxygens (including phenoxy) is 2. The molecule has 0 aromatic heterocycles. The lowest BCUT2D eigenvalue weighted by Gasteiger charge is -2.49. The minimum absolute atomic E-state index is 0.192. The molecule has 6 heteroatoms. The second kappa shape index (κ2) is 9.67. The summed E-state index contributed by atoms with van der Waals surface area (Å²) in [5.74, 6) is -0.385. The molecule has 2 aromatic rings. The lowest BCUT2D eigenvalue weighted by atomic mass is 10.0. The first kappa shape index (κ1) is 21.0. The number of hydrogen-bond acceptors (Lipinski definition) is 4. The van der Waals surface area contributed by atoms with E-state index in [0.29, 0.717) is 13.2 Å². The third-order valence-corrected chi connectivity index (χ3v) is 5.12. The molecule has 1 aliphatic heterocycles. The van der Waals surface area contributed by atoms with Gasteiger partial charge in [0.05, 0.1) is 25.8 Å². The molecular formula is C23H28N2O4. The molecule has 1 fully saturated rings. The van der Waals surface area contributed by atoms with Gasteiger partial charge in [-0.2, -0.15) is 0 Å². The van der Waals surface area contributed by atoms with E-state index in [9.17, 15) is 9.59 Å². The minimum atomic E-state index is -0.363. The molecule has 1 saturated heterocycles. The summed E-state index contributed by atoms with van der Waals surface area (Å²) < 4.78 is 12.4. The van der Waals surface area contributed by atoms with Gasteiger partial charge in [0.25, 0.3) is 0 Å². The van der Waals surface area contributed by atoms with Gasteiger partial charge < -0.3 is 9.47 Å². The van der Waals surface area contributed by atoms with E-state index < -0.39 is 0 Å². The molecule has 0 N–H and O–H groups in total. The second-order valence-corrected chi connectivity index (χ2v) is 7.30. The molecule has 3 atom stereocenters. The highest BCUT2D eigenvalue weighted by Gasteiger charge is 2.43. The number of rotatable bonds is 6. The average Bonchev–Trinajstić information content (AvgIpc) is 2.72. The van der Waals surface area contributed by atoms with Gasteiger partial charge in [-0.3, -0.25) is 9.59 Å². The third kappa shape index (κ3) is 5.22. The van der Waals surface area contributed by atoms with Crippen molar-refractivity contribution in [1.82, 2.24) is 10.0 Å². The van der Waals surface area contributed by atoms with Crippen molar-refractivity contribution in [3.05, 3.63) is 71.8 Å². The van der Waals surface area contributed by atoms with Crippen LogP contribution >= 0.6 is 0 Å². The maximum Gasteiger partial charge on any atom is 0.238 e. The van der Waals surface area contributed by atoms with E-state index in [-0.39, 0.29) is 36.6 Å². The minimum Gasteiger partial charge on any atom is -0.369 e. The molecule has 0 radical (unpaired) electrons. The van der Waals surface area contributed by atoms with Gasteiger partial charge in [-0.25, -0.2) is 10.0 Å². The van der Waals surface area contributed by atoms with E-state index in [2.05, 4.69) is 0 Å². The van der Waals surface area contributed by atoms with E-state index in [0.717, 1.165) is 11.1 Å². The number of hydrazine groups is 1. The Morgan fingerprint density at radius 1 is 0.862 bits per heavy atom. The van der Waals surface area contributed by atoms with Crippen LogP contribution in [0.4, 0.5) is 0 Å². The summed E-state index contributed by atoms with van der Waals surface area (Å²) in [6.45, 7) is 5.91. The van der Waals surface area contributed by atoms with Crippen molar-refractivity contribution in [1.29, 1.82) is 0 Å². The topological polar surface area (TPSA) is 59.1 Å². The Labute approximate surface area is 172 Å². The highest BCUT2D eigenvalue weighted by molar-refractivity contribution is 5.80.